The number of benzene rings is 1. The largest absolute Gasteiger partial charge is 0.398 e. The third-order valence-corrected chi connectivity index (χ3v) is 5.56. The molecule has 0 heterocycles. The van der Waals surface area contributed by atoms with E-state index >= 15 is 0 Å². The number of rotatable bonds is 8. The van der Waals surface area contributed by atoms with Gasteiger partial charge in [0.2, 0.25) is 0 Å². The van der Waals surface area contributed by atoms with Gasteiger partial charge in [0.15, 0.2) is 0 Å². The first-order chi connectivity index (χ1) is 11.7. The van der Waals surface area contributed by atoms with E-state index in [4.69, 9.17) is 15.6 Å². The zero-order chi connectivity index (χ0) is 17.4. The number of ether oxygens (including phenoxy) is 1. The normalized spacial score (nSPS) is 16.5. The van der Waals surface area contributed by atoms with E-state index in [0.29, 0.717) is 19.3 Å². The van der Waals surface area contributed by atoms with Crippen molar-refractivity contribution >= 4 is 21.6 Å². The predicted octanol–water partition coefficient (Wildman–Crippen LogP) is 4.08. The molecular weight excluding hydrogens is 368 g/mol. The van der Waals surface area contributed by atoms with Gasteiger partial charge in [-0.05, 0) is 52.5 Å². The van der Waals surface area contributed by atoms with Gasteiger partial charge in [0.1, 0.15) is 0 Å². The second-order valence-electron chi connectivity index (χ2n) is 6.64. The lowest BCUT2D eigenvalue weighted by molar-refractivity contribution is 0.0814. The Bertz CT molecular complexity index is 502. The Balaban J connectivity index is 2.10. The van der Waals surface area contributed by atoms with Crippen LogP contribution < -0.4 is 5.73 Å². The molecule has 0 atom stereocenters. The van der Waals surface area contributed by atoms with Crippen molar-refractivity contribution in [3.8, 4) is 0 Å². The molecule has 0 unspecified atom stereocenters. The summed E-state index contributed by atoms with van der Waals surface area (Å²) in [6, 6.07) is 4.83. The lowest BCUT2D eigenvalue weighted by Crippen LogP contribution is -2.34. The SMILES string of the molecule is CCN(Cc1cc(COCCO)cc(Br)c1N)C1CCCCCC1. The van der Waals surface area contributed by atoms with Crippen LogP contribution in [0.4, 0.5) is 5.69 Å². The number of halogens is 1. The summed E-state index contributed by atoms with van der Waals surface area (Å²) >= 11 is 3.58. The van der Waals surface area contributed by atoms with Crippen molar-refractivity contribution in [2.75, 3.05) is 25.5 Å². The molecule has 5 heteroatoms. The number of aliphatic hydroxyl groups is 1. The van der Waals surface area contributed by atoms with Gasteiger partial charge in [-0.1, -0.05) is 38.7 Å². The molecule has 2 rings (SSSR count). The third kappa shape index (κ3) is 5.73. The summed E-state index contributed by atoms with van der Waals surface area (Å²) in [7, 11) is 0. The smallest absolute Gasteiger partial charge is 0.0718 e. The number of nitrogens with zero attached hydrogens (tertiary/aromatic N) is 1. The van der Waals surface area contributed by atoms with Crippen LogP contribution in [0.2, 0.25) is 0 Å². The molecule has 0 aliphatic heterocycles. The molecule has 0 bridgehead atoms. The highest BCUT2D eigenvalue weighted by Gasteiger charge is 2.20. The maximum absolute atomic E-state index is 8.85. The van der Waals surface area contributed by atoms with E-state index in [0.717, 1.165) is 34.4 Å². The molecule has 0 saturated heterocycles. The minimum Gasteiger partial charge on any atom is -0.398 e. The fourth-order valence-electron chi connectivity index (χ4n) is 3.55. The number of anilines is 1. The van der Waals surface area contributed by atoms with E-state index in [1.165, 1.54) is 38.5 Å². The lowest BCUT2D eigenvalue weighted by atomic mass is 10.0. The first-order valence-electron chi connectivity index (χ1n) is 9.15. The maximum atomic E-state index is 8.85. The van der Waals surface area contributed by atoms with Crippen LogP contribution in [-0.4, -0.2) is 35.8 Å². The number of nitrogen functional groups attached to an aromatic ring is 1. The van der Waals surface area contributed by atoms with E-state index in [1.807, 2.05) is 6.07 Å². The summed E-state index contributed by atoms with van der Waals surface area (Å²) in [5, 5.41) is 8.85. The molecule has 0 spiro atoms. The second-order valence-corrected chi connectivity index (χ2v) is 7.49. The Morgan fingerprint density at radius 2 is 1.96 bits per heavy atom. The van der Waals surface area contributed by atoms with Crippen LogP contribution >= 0.6 is 15.9 Å². The summed E-state index contributed by atoms with van der Waals surface area (Å²) in [5.41, 5.74) is 9.40. The number of aliphatic hydroxyl groups excluding tert-OH is 1. The topological polar surface area (TPSA) is 58.7 Å². The van der Waals surface area contributed by atoms with Crippen LogP contribution in [0.25, 0.3) is 0 Å². The average Bonchev–Trinajstić information content (AvgIpc) is 2.86. The van der Waals surface area contributed by atoms with Crippen LogP contribution in [0.5, 0.6) is 0 Å². The first-order valence-corrected chi connectivity index (χ1v) is 9.94. The Morgan fingerprint density at radius 1 is 1.25 bits per heavy atom. The number of nitrogens with two attached hydrogens (primary N) is 1. The minimum absolute atomic E-state index is 0.0499. The second kappa shape index (κ2) is 10.4. The highest BCUT2D eigenvalue weighted by atomic mass is 79.9. The van der Waals surface area contributed by atoms with Crippen molar-refractivity contribution < 1.29 is 9.84 Å². The van der Waals surface area contributed by atoms with Gasteiger partial charge in [-0.2, -0.15) is 0 Å². The van der Waals surface area contributed by atoms with Crippen LogP contribution in [0.3, 0.4) is 0 Å². The summed E-state index contributed by atoms with van der Waals surface area (Å²) in [6.07, 6.45) is 8.03. The fourth-order valence-corrected chi connectivity index (χ4v) is 4.10. The summed E-state index contributed by atoms with van der Waals surface area (Å²) < 4.78 is 6.39. The van der Waals surface area contributed by atoms with E-state index in [1.54, 1.807) is 0 Å². The van der Waals surface area contributed by atoms with Crippen molar-refractivity contribution in [2.24, 2.45) is 0 Å². The predicted molar refractivity (Wildman–Crippen MR) is 103 cm³/mol. The molecule has 24 heavy (non-hydrogen) atoms. The van der Waals surface area contributed by atoms with Gasteiger partial charge in [-0.25, -0.2) is 0 Å². The highest BCUT2D eigenvalue weighted by molar-refractivity contribution is 9.10. The Labute approximate surface area is 154 Å². The molecule has 0 radical (unpaired) electrons. The number of hydrogen-bond donors (Lipinski definition) is 2. The molecule has 1 fully saturated rings. The lowest BCUT2D eigenvalue weighted by Gasteiger charge is -2.30. The average molecular weight is 399 g/mol. The van der Waals surface area contributed by atoms with Crippen molar-refractivity contribution in [2.45, 2.75) is 64.6 Å². The number of hydrogen-bond acceptors (Lipinski definition) is 4. The summed E-state index contributed by atoms with van der Waals surface area (Å²) in [4.78, 5) is 2.57. The summed E-state index contributed by atoms with van der Waals surface area (Å²) in [6.45, 7) is 5.09. The molecule has 1 aliphatic carbocycles. The van der Waals surface area contributed by atoms with Crippen LogP contribution in [0, 0.1) is 0 Å². The molecule has 3 N–H and O–H groups in total. The molecule has 4 nitrogen and oxygen atoms in total. The van der Waals surface area contributed by atoms with E-state index < -0.39 is 0 Å². The highest BCUT2D eigenvalue weighted by Crippen LogP contribution is 2.29. The third-order valence-electron chi connectivity index (χ3n) is 4.90. The zero-order valence-electron chi connectivity index (χ0n) is 14.8. The molecule has 0 amide bonds. The molecule has 136 valence electrons. The van der Waals surface area contributed by atoms with E-state index in [-0.39, 0.29) is 6.61 Å². The van der Waals surface area contributed by atoms with Crippen molar-refractivity contribution in [3.63, 3.8) is 0 Å². The molecule has 1 saturated carbocycles. The van der Waals surface area contributed by atoms with Crippen molar-refractivity contribution in [3.05, 3.63) is 27.7 Å². The quantitative estimate of drug-likeness (QED) is 0.393. The van der Waals surface area contributed by atoms with Crippen molar-refractivity contribution in [1.82, 2.24) is 4.90 Å². The van der Waals surface area contributed by atoms with E-state index in [9.17, 15) is 0 Å². The standard InChI is InChI=1S/C19H31BrN2O2/c1-2-22(17-7-5-3-4-6-8-17)13-16-11-15(14-24-10-9-23)12-18(20)19(16)21/h11-12,17,23H,2-10,13-14,21H2,1H3. The van der Waals surface area contributed by atoms with Gasteiger partial charge in [-0.3, -0.25) is 4.90 Å². The van der Waals surface area contributed by atoms with Gasteiger partial charge in [0.05, 0.1) is 25.5 Å². The minimum atomic E-state index is 0.0499. The van der Waals surface area contributed by atoms with E-state index in [2.05, 4.69) is 33.8 Å². The molecule has 1 aliphatic rings. The Kier molecular flexibility index (Phi) is 8.53. The van der Waals surface area contributed by atoms with Gasteiger partial charge >= 0.3 is 0 Å². The molecule has 1 aromatic rings. The van der Waals surface area contributed by atoms with Gasteiger partial charge < -0.3 is 15.6 Å². The maximum Gasteiger partial charge on any atom is 0.0718 e. The van der Waals surface area contributed by atoms with Gasteiger partial charge in [0.25, 0.3) is 0 Å². The zero-order valence-corrected chi connectivity index (χ0v) is 16.4. The van der Waals surface area contributed by atoms with Crippen LogP contribution in [0.15, 0.2) is 16.6 Å². The molecule has 0 aromatic heterocycles. The fraction of sp³-hybridized carbons (Fsp3) is 0.684. The summed E-state index contributed by atoms with van der Waals surface area (Å²) in [5.74, 6) is 0. The first kappa shape index (κ1) is 19.7. The monoisotopic (exact) mass is 398 g/mol. The Hall–Kier alpha value is -0.620. The molecule has 1 aromatic carbocycles. The Morgan fingerprint density at radius 3 is 2.58 bits per heavy atom. The van der Waals surface area contributed by atoms with Gasteiger partial charge in [-0.15, -0.1) is 0 Å². The van der Waals surface area contributed by atoms with Crippen LogP contribution in [-0.2, 0) is 17.9 Å². The molecular formula is C19H31BrN2O2. The van der Waals surface area contributed by atoms with Crippen molar-refractivity contribution in [1.29, 1.82) is 0 Å². The van der Waals surface area contributed by atoms with Gasteiger partial charge in [0, 0.05) is 17.1 Å². The van der Waals surface area contributed by atoms with Crippen LogP contribution in [0.1, 0.15) is 56.6 Å².